The van der Waals surface area contributed by atoms with Crippen LogP contribution >= 0.6 is 0 Å². The zero-order chi connectivity index (χ0) is 21.3. The molecule has 3 heterocycles. The van der Waals surface area contributed by atoms with Crippen molar-refractivity contribution in [2.24, 2.45) is 11.8 Å². The maximum atomic E-state index is 12.7. The van der Waals surface area contributed by atoms with E-state index in [9.17, 15) is 9.59 Å². The molecular formula is C22H35N5O3. The Kier molecular flexibility index (Phi) is 6.14. The fraction of sp³-hybridized carbons (Fsp3) is 0.818. The molecule has 2 aliphatic heterocycles. The Balaban J connectivity index is 1.44. The molecule has 3 aliphatic rings. The summed E-state index contributed by atoms with van der Waals surface area (Å²) in [6, 6.07) is 0.0815. The molecule has 1 aliphatic carbocycles. The average molecular weight is 418 g/mol. The molecule has 3 unspecified atom stereocenters. The summed E-state index contributed by atoms with van der Waals surface area (Å²) in [5, 5.41) is 7.28. The summed E-state index contributed by atoms with van der Waals surface area (Å²) in [4.78, 5) is 34.2. The number of carbonyl (C=O) groups excluding carboxylic acids is 2. The lowest BCUT2D eigenvalue weighted by Crippen LogP contribution is -2.43. The highest BCUT2D eigenvalue weighted by molar-refractivity contribution is 5.79. The van der Waals surface area contributed by atoms with E-state index in [0.717, 1.165) is 25.9 Å². The molecule has 1 aromatic rings. The normalized spacial score (nSPS) is 29.8. The standard InChI is InChI=1S/C22H35N5O3/c1-15(2)20(29)27-12-17-10-18(11-22(17,14-27)21-23-16(3)25-30-21)24-19(28)13-26-8-6-4-5-7-9-26/h15,17-18H,4-14H2,1-3H3,(H,24,28). The molecule has 3 atom stereocenters. The first-order chi connectivity index (χ1) is 14.4. The van der Waals surface area contributed by atoms with Crippen LogP contribution in [0.15, 0.2) is 4.52 Å². The summed E-state index contributed by atoms with van der Waals surface area (Å²) < 4.78 is 5.61. The molecule has 1 saturated carbocycles. The SMILES string of the molecule is Cc1noc(C23CC(NC(=O)CN4CCCCCC4)CC2CN(C(=O)C(C)C)C3)n1. The van der Waals surface area contributed by atoms with Crippen LogP contribution in [0.2, 0.25) is 0 Å². The molecule has 0 radical (unpaired) electrons. The third kappa shape index (κ3) is 4.24. The highest BCUT2D eigenvalue weighted by Gasteiger charge is 2.58. The Labute approximate surface area is 178 Å². The second-order valence-corrected chi connectivity index (χ2v) is 9.77. The van der Waals surface area contributed by atoms with Crippen LogP contribution < -0.4 is 5.32 Å². The molecule has 0 aromatic carbocycles. The number of nitrogens with one attached hydrogen (secondary N) is 1. The zero-order valence-corrected chi connectivity index (χ0v) is 18.5. The summed E-state index contributed by atoms with van der Waals surface area (Å²) in [7, 11) is 0. The first-order valence-electron chi connectivity index (χ1n) is 11.5. The van der Waals surface area contributed by atoms with Gasteiger partial charge in [0.1, 0.15) is 0 Å². The van der Waals surface area contributed by atoms with Crippen LogP contribution in [0.25, 0.3) is 0 Å². The quantitative estimate of drug-likeness (QED) is 0.787. The van der Waals surface area contributed by atoms with Gasteiger partial charge >= 0.3 is 0 Å². The number of hydrogen-bond donors (Lipinski definition) is 1. The van der Waals surface area contributed by atoms with Gasteiger partial charge in [-0.2, -0.15) is 4.98 Å². The van der Waals surface area contributed by atoms with Crippen molar-refractivity contribution in [3.05, 3.63) is 11.7 Å². The molecule has 1 aromatic heterocycles. The zero-order valence-electron chi connectivity index (χ0n) is 18.5. The molecule has 1 N–H and O–H groups in total. The van der Waals surface area contributed by atoms with Gasteiger partial charge in [0, 0.05) is 25.0 Å². The lowest BCUT2D eigenvalue weighted by Gasteiger charge is -2.26. The minimum Gasteiger partial charge on any atom is -0.352 e. The Morgan fingerprint density at radius 3 is 2.60 bits per heavy atom. The van der Waals surface area contributed by atoms with Crippen molar-refractivity contribution >= 4 is 11.8 Å². The number of fused-ring (bicyclic) bond motifs is 1. The number of amides is 2. The van der Waals surface area contributed by atoms with Crippen molar-refractivity contribution in [3.63, 3.8) is 0 Å². The summed E-state index contributed by atoms with van der Waals surface area (Å²) in [6.07, 6.45) is 6.47. The van der Waals surface area contributed by atoms with Crippen molar-refractivity contribution in [2.75, 3.05) is 32.7 Å². The molecular weight excluding hydrogens is 382 g/mol. The van der Waals surface area contributed by atoms with Crippen LogP contribution in [-0.4, -0.2) is 70.5 Å². The van der Waals surface area contributed by atoms with Gasteiger partial charge in [0.25, 0.3) is 0 Å². The van der Waals surface area contributed by atoms with Crippen LogP contribution in [-0.2, 0) is 15.0 Å². The summed E-state index contributed by atoms with van der Waals surface area (Å²) >= 11 is 0. The van der Waals surface area contributed by atoms with Crippen LogP contribution in [0.1, 0.15) is 64.1 Å². The third-order valence-electron chi connectivity index (χ3n) is 7.07. The molecule has 0 spiro atoms. The smallest absolute Gasteiger partial charge is 0.235 e. The molecule has 166 valence electrons. The topological polar surface area (TPSA) is 91.6 Å². The lowest BCUT2D eigenvalue weighted by molar-refractivity contribution is -0.134. The van der Waals surface area contributed by atoms with E-state index < -0.39 is 0 Å². The predicted molar refractivity (Wildman–Crippen MR) is 112 cm³/mol. The van der Waals surface area contributed by atoms with Gasteiger partial charge in [-0.3, -0.25) is 14.5 Å². The number of hydrogen-bond acceptors (Lipinski definition) is 6. The van der Waals surface area contributed by atoms with E-state index in [-0.39, 0.29) is 35.1 Å². The van der Waals surface area contributed by atoms with Gasteiger partial charge in [-0.1, -0.05) is 31.8 Å². The summed E-state index contributed by atoms with van der Waals surface area (Å²) in [6.45, 7) is 9.48. The van der Waals surface area contributed by atoms with Gasteiger partial charge in [-0.15, -0.1) is 0 Å². The van der Waals surface area contributed by atoms with Crippen molar-refractivity contribution < 1.29 is 14.1 Å². The second-order valence-electron chi connectivity index (χ2n) is 9.77. The van der Waals surface area contributed by atoms with E-state index in [1.807, 2.05) is 25.7 Å². The Morgan fingerprint density at radius 2 is 1.97 bits per heavy atom. The highest BCUT2D eigenvalue weighted by Crippen LogP contribution is 2.50. The Hall–Kier alpha value is -1.96. The largest absolute Gasteiger partial charge is 0.352 e. The van der Waals surface area contributed by atoms with E-state index in [1.54, 1.807) is 0 Å². The monoisotopic (exact) mass is 417 g/mol. The number of likely N-dealkylation sites (tertiary alicyclic amines) is 2. The van der Waals surface area contributed by atoms with E-state index in [4.69, 9.17) is 4.52 Å². The van der Waals surface area contributed by atoms with E-state index in [1.165, 1.54) is 25.7 Å². The van der Waals surface area contributed by atoms with E-state index in [0.29, 0.717) is 31.3 Å². The maximum absolute atomic E-state index is 12.7. The third-order valence-corrected chi connectivity index (χ3v) is 7.07. The van der Waals surface area contributed by atoms with Crippen molar-refractivity contribution in [2.45, 2.75) is 70.8 Å². The minimum atomic E-state index is -0.355. The van der Waals surface area contributed by atoms with Crippen LogP contribution in [0.3, 0.4) is 0 Å². The molecule has 2 amide bonds. The van der Waals surface area contributed by atoms with Crippen LogP contribution in [0.4, 0.5) is 0 Å². The fourth-order valence-electron chi connectivity index (χ4n) is 5.62. The second kappa shape index (κ2) is 8.65. The predicted octanol–water partition coefficient (Wildman–Crippen LogP) is 1.88. The lowest BCUT2D eigenvalue weighted by atomic mass is 9.80. The fourth-order valence-corrected chi connectivity index (χ4v) is 5.62. The number of aromatic nitrogens is 2. The molecule has 0 bridgehead atoms. The van der Waals surface area contributed by atoms with Crippen molar-refractivity contribution in [1.29, 1.82) is 0 Å². The van der Waals surface area contributed by atoms with Crippen molar-refractivity contribution in [1.82, 2.24) is 25.3 Å². The first kappa shape index (κ1) is 21.3. The van der Waals surface area contributed by atoms with Crippen LogP contribution in [0.5, 0.6) is 0 Å². The molecule has 3 fully saturated rings. The highest BCUT2D eigenvalue weighted by atomic mass is 16.5. The molecule has 8 nitrogen and oxygen atoms in total. The Bertz CT molecular complexity index is 771. The number of nitrogens with zero attached hydrogens (tertiary/aromatic N) is 4. The molecule has 8 heteroatoms. The number of rotatable bonds is 5. The Morgan fingerprint density at radius 1 is 1.23 bits per heavy atom. The average Bonchev–Trinajstić information content (AvgIpc) is 3.29. The minimum absolute atomic E-state index is 0.0329. The van der Waals surface area contributed by atoms with Gasteiger partial charge in [0.05, 0.1) is 12.0 Å². The molecule has 30 heavy (non-hydrogen) atoms. The summed E-state index contributed by atoms with van der Waals surface area (Å²) in [5.41, 5.74) is -0.355. The summed E-state index contributed by atoms with van der Waals surface area (Å²) in [5.74, 6) is 1.70. The van der Waals surface area contributed by atoms with Crippen molar-refractivity contribution in [3.8, 4) is 0 Å². The molecule has 4 rings (SSSR count). The van der Waals surface area contributed by atoms with Gasteiger partial charge in [0.2, 0.25) is 17.7 Å². The van der Waals surface area contributed by atoms with E-state index >= 15 is 0 Å². The number of aryl methyl sites for hydroxylation is 1. The van der Waals surface area contributed by atoms with Gasteiger partial charge in [-0.05, 0) is 51.6 Å². The van der Waals surface area contributed by atoms with E-state index in [2.05, 4.69) is 20.4 Å². The van der Waals surface area contributed by atoms with Gasteiger partial charge in [-0.25, -0.2) is 0 Å². The molecule has 2 saturated heterocycles. The maximum Gasteiger partial charge on any atom is 0.235 e. The first-order valence-corrected chi connectivity index (χ1v) is 11.5. The van der Waals surface area contributed by atoms with Gasteiger partial charge < -0.3 is 14.7 Å². The van der Waals surface area contributed by atoms with Gasteiger partial charge in [0.15, 0.2) is 5.82 Å². The van der Waals surface area contributed by atoms with Crippen LogP contribution in [0, 0.1) is 18.8 Å². The number of carbonyl (C=O) groups is 2.